The van der Waals surface area contributed by atoms with E-state index in [1.807, 2.05) is 6.07 Å². The topological polar surface area (TPSA) is 35.2 Å². The fourth-order valence-corrected chi connectivity index (χ4v) is 1.81. The van der Waals surface area contributed by atoms with E-state index in [0.29, 0.717) is 0 Å². The molecule has 1 unspecified atom stereocenters. The summed E-state index contributed by atoms with van der Waals surface area (Å²) in [5, 5.41) is 0. The highest BCUT2D eigenvalue weighted by Gasteiger charge is 2.22. The first kappa shape index (κ1) is 8.57. The van der Waals surface area contributed by atoms with Crippen LogP contribution in [0, 0.1) is 6.92 Å². The number of nitrogens with two attached hydrogens (primary N) is 1. The lowest BCUT2D eigenvalue weighted by molar-refractivity contribution is 0.177. The van der Waals surface area contributed by atoms with Gasteiger partial charge in [-0.2, -0.15) is 0 Å². The van der Waals surface area contributed by atoms with E-state index in [1.165, 1.54) is 5.56 Å². The van der Waals surface area contributed by atoms with Gasteiger partial charge < -0.3 is 10.5 Å². The summed E-state index contributed by atoms with van der Waals surface area (Å²) in [7, 11) is 0. The molecule has 2 heteroatoms. The average molecular weight is 177 g/mol. The fraction of sp³-hybridized carbons (Fsp3) is 0.455. The standard InChI is InChI=1S/C11H15NO/c1-7-3-4-11-9(5-7)10(12)6-8(2)13-11/h3-5,8,10H,6,12H2,1-2H3/t8?,10-/m0/s1. The first-order valence-electron chi connectivity index (χ1n) is 4.69. The molecule has 1 aromatic rings. The Morgan fingerprint density at radius 2 is 2.23 bits per heavy atom. The summed E-state index contributed by atoms with van der Waals surface area (Å²) in [5.74, 6) is 0.955. The average Bonchev–Trinajstić information content (AvgIpc) is 2.06. The Hall–Kier alpha value is -1.02. The van der Waals surface area contributed by atoms with Crippen molar-refractivity contribution in [3.8, 4) is 5.75 Å². The predicted molar refractivity (Wildman–Crippen MR) is 52.8 cm³/mol. The van der Waals surface area contributed by atoms with Gasteiger partial charge in [0, 0.05) is 18.0 Å². The molecule has 0 spiro atoms. The summed E-state index contributed by atoms with van der Waals surface area (Å²) >= 11 is 0. The van der Waals surface area contributed by atoms with Crippen LogP contribution in [0.2, 0.25) is 0 Å². The largest absolute Gasteiger partial charge is 0.490 e. The van der Waals surface area contributed by atoms with Crippen LogP contribution in [0.5, 0.6) is 5.75 Å². The second kappa shape index (κ2) is 3.04. The number of rotatable bonds is 0. The first-order chi connectivity index (χ1) is 6.16. The molecule has 2 nitrogen and oxygen atoms in total. The molecule has 2 rings (SSSR count). The van der Waals surface area contributed by atoms with E-state index in [9.17, 15) is 0 Å². The molecule has 1 heterocycles. The van der Waals surface area contributed by atoms with E-state index >= 15 is 0 Å². The Bertz CT molecular complexity index is 322. The van der Waals surface area contributed by atoms with Gasteiger partial charge in [0.05, 0.1) is 6.10 Å². The number of fused-ring (bicyclic) bond motifs is 1. The second-order valence-corrected chi connectivity index (χ2v) is 3.81. The molecular formula is C11H15NO. The number of ether oxygens (including phenoxy) is 1. The summed E-state index contributed by atoms with van der Waals surface area (Å²) in [5.41, 5.74) is 8.42. The first-order valence-corrected chi connectivity index (χ1v) is 4.69. The Morgan fingerprint density at radius 3 is 3.00 bits per heavy atom. The van der Waals surface area contributed by atoms with Gasteiger partial charge in [0.1, 0.15) is 5.75 Å². The molecule has 2 N–H and O–H groups in total. The summed E-state index contributed by atoms with van der Waals surface area (Å²) in [6.45, 7) is 4.13. The predicted octanol–water partition coefficient (Wildman–Crippen LogP) is 2.17. The van der Waals surface area contributed by atoms with E-state index in [-0.39, 0.29) is 12.1 Å². The van der Waals surface area contributed by atoms with Crippen molar-refractivity contribution in [2.45, 2.75) is 32.4 Å². The Morgan fingerprint density at radius 1 is 1.46 bits per heavy atom. The lowest BCUT2D eigenvalue weighted by Gasteiger charge is -2.28. The van der Waals surface area contributed by atoms with Gasteiger partial charge in [-0.25, -0.2) is 0 Å². The number of hydrogen-bond donors (Lipinski definition) is 1. The quantitative estimate of drug-likeness (QED) is 0.659. The Balaban J connectivity index is 2.43. The van der Waals surface area contributed by atoms with Crippen LogP contribution in [-0.2, 0) is 0 Å². The highest BCUT2D eigenvalue weighted by atomic mass is 16.5. The Labute approximate surface area is 78.7 Å². The van der Waals surface area contributed by atoms with E-state index in [4.69, 9.17) is 10.5 Å². The van der Waals surface area contributed by atoms with Crippen molar-refractivity contribution < 1.29 is 4.74 Å². The SMILES string of the molecule is Cc1ccc2c(c1)[C@@H](N)CC(C)O2. The highest BCUT2D eigenvalue weighted by molar-refractivity contribution is 5.40. The summed E-state index contributed by atoms with van der Waals surface area (Å²) in [6, 6.07) is 6.33. The minimum absolute atomic E-state index is 0.138. The van der Waals surface area contributed by atoms with Crippen LogP contribution in [-0.4, -0.2) is 6.10 Å². The second-order valence-electron chi connectivity index (χ2n) is 3.81. The maximum absolute atomic E-state index is 6.03. The minimum Gasteiger partial charge on any atom is -0.490 e. The van der Waals surface area contributed by atoms with Gasteiger partial charge in [-0.05, 0) is 19.9 Å². The van der Waals surface area contributed by atoms with Crippen molar-refractivity contribution in [2.75, 3.05) is 0 Å². The zero-order valence-corrected chi connectivity index (χ0v) is 8.08. The molecule has 0 bridgehead atoms. The third-order valence-electron chi connectivity index (χ3n) is 2.48. The van der Waals surface area contributed by atoms with Gasteiger partial charge in [0.25, 0.3) is 0 Å². The van der Waals surface area contributed by atoms with Gasteiger partial charge >= 0.3 is 0 Å². The van der Waals surface area contributed by atoms with Crippen LogP contribution in [0.15, 0.2) is 18.2 Å². The molecule has 70 valence electrons. The zero-order chi connectivity index (χ0) is 9.42. The lowest BCUT2D eigenvalue weighted by Crippen LogP contribution is -2.27. The Kier molecular flexibility index (Phi) is 2.00. The van der Waals surface area contributed by atoms with Gasteiger partial charge in [-0.1, -0.05) is 17.7 Å². The molecule has 1 aliphatic rings. The van der Waals surface area contributed by atoms with E-state index in [0.717, 1.165) is 17.7 Å². The monoisotopic (exact) mass is 177 g/mol. The van der Waals surface area contributed by atoms with Crippen LogP contribution in [0.1, 0.15) is 30.5 Å². The van der Waals surface area contributed by atoms with E-state index in [1.54, 1.807) is 0 Å². The maximum Gasteiger partial charge on any atom is 0.124 e. The van der Waals surface area contributed by atoms with Crippen molar-refractivity contribution in [3.05, 3.63) is 29.3 Å². The molecule has 0 aromatic heterocycles. The summed E-state index contributed by atoms with van der Waals surface area (Å²) in [6.07, 6.45) is 1.15. The number of aryl methyl sites for hydroxylation is 1. The van der Waals surface area contributed by atoms with Crippen molar-refractivity contribution in [1.29, 1.82) is 0 Å². The van der Waals surface area contributed by atoms with Gasteiger partial charge in [0.15, 0.2) is 0 Å². The van der Waals surface area contributed by atoms with Crippen LogP contribution >= 0.6 is 0 Å². The molecule has 13 heavy (non-hydrogen) atoms. The number of benzene rings is 1. The molecule has 0 fully saturated rings. The molecule has 0 amide bonds. The van der Waals surface area contributed by atoms with Crippen molar-refractivity contribution in [2.24, 2.45) is 5.73 Å². The van der Waals surface area contributed by atoms with E-state index < -0.39 is 0 Å². The minimum atomic E-state index is 0.138. The molecule has 2 atom stereocenters. The molecule has 0 saturated carbocycles. The van der Waals surface area contributed by atoms with Gasteiger partial charge in [-0.3, -0.25) is 0 Å². The highest BCUT2D eigenvalue weighted by Crippen LogP contribution is 2.33. The molecule has 0 aliphatic carbocycles. The lowest BCUT2D eigenvalue weighted by atomic mass is 9.96. The maximum atomic E-state index is 6.03. The normalized spacial score (nSPS) is 26.4. The van der Waals surface area contributed by atoms with Crippen molar-refractivity contribution in [1.82, 2.24) is 0 Å². The van der Waals surface area contributed by atoms with Crippen LogP contribution < -0.4 is 10.5 Å². The summed E-state index contributed by atoms with van der Waals surface area (Å²) < 4.78 is 5.68. The molecule has 1 aliphatic heterocycles. The molecular weight excluding hydrogens is 162 g/mol. The smallest absolute Gasteiger partial charge is 0.124 e. The van der Waals surface area contributed by atoms with Gasteiger partial charge in [0.2, 0.25) is 0 Å². The van der Waals surface area contributed by atoms with Crippen molar-refractivity contribution in [3.63, 3.8) is 0 Å². The van der Waals surface area contributed by atoms with Crippen molar-refractivity contribution >= 4 is 0 Å². The van der Waals surface area contributed by atoms with Crippen LogP contribution in [0.25, 0.3) is 0 Å². The fourth-order valence-electron chi connectivity index (χ4n) is 1.81. The van der Waals surface area contributed by atoms with Crippen LogP contribution in [0.3, 0.4) is 0 Å². The summed E-state index contributed by atoms with van der Waals surface area (Å²) in [4.78, 5) is 0. The van der Waals surface area contributed by atoms with E-state index in [2.05, 4.69) is 26.0 Å². The third-order valence-corrected chi connectivity index (χ3v) is 2.48. The van der Waals surface area contributed by atoms with Gasteiger partial charge in [-0.15, -0.1) is 0 Å². The molecule has 0 radical (unpaired) electrons. The van der Waals surface area contributed by atoms with Crippen LogP contribution in [0.4, 0.5) is 0 Å². The third kappa shape index (κ3) is 1.54. The zero-order valence-electron chi connectivity index (χ0n) is 8.08. The molecule has 1 aromatic carbocycles. The molecule has 0 saturated heterocycles. The number of hydrogen-bond acceptors (Lipinski definition) is 2.